The van der Waals surface area contributed by atoms with Crippen molar-refractivity contribution in [1.82, 2.24) is 18.7 Å². The number of fused-ring (bicyclic) bond motifs is 1. The molecule has 0 saturated carbocycles. The lowest BCUT2D eigenvalue weighted by atomic mass is 10.2. The minimum absolute atomic E-state index is 0.164. The molecule has 1 aliphatic heterocycles. The van der Waals surface area contributed by atoms with E-state index in [2.05, 4.69) is 10.1 Å². The standard InChI is InChI=1S/C20H17ClN4O3S/c1-13-2-4-16(5-3-13)29(26,27)25-19(8-17-18(21)6-7-22-20(17)25)14-9-23-24(10-14)15-11-28-12-15/h2-10,15H,11-12H2,1H3. The molecular weight excluding hydrogens is 412 g/mol. The first-order chi connectivity index (χ1) is 13.9. The monoisotopic (exact) mass is 428 g/mol. The van der Waals surface area contributed by atoms with Gasteiger partial charge in [0.15, 0.2) is 5.65 Å². The Bertz CT molecular complexity index is 1320. The number of aromatic nitrogens is 4. The molecule has 3 aromatic heterocycles. The molecule has 5 rings (SSSR count). The summed E-state index contributed by atoms with van der Waals surface area (Å²) in [5, 5.41) is 5.40. The zero-order valence-corrected chi connectivity index (χ0v) is 17.1. The molecule has 0 bridgehead atoms. The van der Waals surface area contributed by atoms with Gasteiger partial charge in [0.25, 0.3) is 10.0 Å². The molecule has 0 atom stereocenters. The first-order valence-electron chi connectivity index (χ1n) is 9.05. The summed E-state index contributed by atoms with van der Waals surface area (Å²) < 4.78 is 35.4. The van der Waals surface area contributed by atoms with Crippen LogP contribution in [0.4, 0.5) is 0 Å². The molecule has 4 aromatic rings. The third-order valence-corrected chi connectivity index (χ3v) is 7.11. The maximum absolute atomic E-state index is 13.6. The third kappa shape index (κ3) is 2.95. The molecule has 9 heteroatoms. The topological polar surface area (TPSA) is 79.0 Å². The van der Waals surface area contributed by atoms with Crippen molar-refractivity contribution in [1.29, 1.82) is 0 Å². The Morgan fingerprint density at radius 3 is 2.62 bits per heavy atom. The smallest absolute Gasteiger partial charge is 0.269 e. The molecule has 0 aliphatic carbocycles. The lowest BCUT2D eigenvalue weighted by Crippen LogP contribution is -2.30. The Kier molecular flexibility index (Phi) is 4.23. The van der Waals surface area contributed by atoms with Gasteiger partial charge in [0.1, 0.15) is 0 Å². The maximum atomic E-state index is 13.6. The zero-order valence-electron chi connectivity index (χ0n) is 15.5. The number of ether oxygens (including phenoxy) is 1. The van der Waals surface area contributed by atoms with Crippen molar-refractivity contribution >= 4 is 32.7 Å². The summed E-state index contributed by atoms with van der Waals surface area (Å²) in [7, 11) is -3.90. The van der Waals surface area contributed by atoms with Gasteiger partial charge in [0, 0.05) is 23.3 Å². The molecule has 0 unspecified atom stereocenters. The summed E-state index contributed by atoms with van der Waals surface area (Å²) in [5.41, 5.74) is 2.40. The summed E-state index contributed by atoms with van der Waals surface area (Å²) in [6.45, 7) is 3.10. The van der Waals surface area contributed by atoms with E-state index in [0.29, 0.717) is 34.9 Å². The molecule has 1 saturated heterocycles. The first kappa shape index (κ1) is 18.4. The Balaban J connectivity index is 1.75. The molecule has 4 heterocycles. The molecule has 0 spiro atoms. The number of nitrogens with zero attached hydrogens (tertiary/aromatic N) is 4. The summed E-state index contributed by atoms with van der Waals surface area (Å²) >= 11 is 6.35. The predicted octanol–water partition coefficient (Wildman–Crippen LogP) is 3.67. The largest absolute Gasteiger partial charge is 0.377 e. The van der Waals surface area contributed by atoms with Crippen LogP contribution >= 0.6 is 11.6 Å². The lowest BCUT2D eigenvalue weighted by Gasteiger charge is -2.25. The number of benzene rings is 1. The van der Waals surface area contributed by atoms with Crippen LogP contribution < -0.4 is 0 Å². The molecule has 1 aliphatic rings. The van der Waals surface area contributed by atoms with Gasteiger partial charge in [-0.05, 0) is 31.2 Å². The second kappa shape index (κ2) is 6.69. The van der Waals surface area contributed by atoms with E-state index in [1.54, 1.807) is 47.3 Å². The fourth-order valence-corrected chi connectivity index (χ4v) is 5.03. The first-order valence-corrected chi connectivity index (χ1v) is 10.9. The van der Waals surface area contributed by atoms with Crippen LogP contribution in [0.15, 0.2) is 59.9 Å². The summed E-state index contributed by atoms with van der Waals surface area (Å²) in [4.78, 5) is 4.50. The van der Waals surface area contributed by atoms with Crippen molar-refractivity contribution in [3.8, 4) is 11.3 Å². The van der Waals surface area contributed by atoms with Crippen LogP contribution in [0.25, 0.3) is 22.3 Å². The maximum Gasteiger partial charge on any atom is 0.269 e. The molecule has 1 aromatic carbocycles. The van der Waals surface area contributed by atoms with E-state index < -0.39 is 10.0 Å². The van der Waals surface area contributed by atoms with Gasteiger partial charge in [-0.1, -0.05) is 29.3 Å². The van der Waals surface area contributed by atoms with Crippen molar-refractivity contribution in [2.45, 2.75) is 17.9 Å². The van der Waals surface area contributed by atoms with Gasteiger partial charge in [-0.3, -0.25) is 4.68 Å². The molecule has 29 heavy (non-hydrogen) atoms. The van der Waals surface area contributed by atoms with Gasteiger partial charge in [0.05, 0.1) is 41.1 Å². The van der Waals surface area contributed by atoms with Gasteiger partial charge in [-0.25, -0.2) is 17.4 Å². The van der Waals surface area contributed by atoms with Crippen molar-refractivity contribution in [2.75, 3.05) is 13.2 Å². The Morgan fingerprint density at radius 1 is 1.17 bits per heavy atom. The van der Waals surface area contributed by atoms with Crippen LogP contribution in [0.3, 0.4) is 0 Å². The number of halogens is 1. The second-order valence-corrected chi connectivity index (χ2v) is 9.24. The molecule has 0 amide bonds. The average molecular weight is 429 g/mol. The minimum Gasteiger partial charge on any atom is -0.377 e. The summed E-state index contributed by atoms with van der Waals surface area (Å²) in [6, 6.07) is 10.3. The molecule has 0 radical (unpaired) electrons. The van der Waals surface area contributed by atoms with Crippen molar-refractivity contribution in [3.63, 3.8) is 0 Å². The van der Waals surface area contributed by atoms with E-state index in [9.17, 15) is 8.42 Å². The van der Waals surface area contributed by atoms with Gasteiger partial charge in [-0.15, -0.1) is 0 Å². The lowest BCUT2D eigenvalue weighted by molar-refractivity contribution is -0.0286. The highest BCUT2D eigenvalue weighted by Gasteiger charge is 2.27. The normalized spacial score (nSPS) is 15.0. The van der Waals surface area contributed by atoms with Gasteiger partial charge >= 0.3 is 0 Å². The predicted molar refractivity (Wildman–Crippen MR) is 110 cm³/mol. The number of hydrogen-bond donors (Lipinski definition) is 0. The van der Waals surface area contributed by atoms with E-state index in [1.807, 2.05) is 13.1 Å². The Labute approximate surface area is 172 Å². The number of pyridine rings is 1. The Hall–Kier alpha value is -2.68. The van der Waals surface area contributed by atoms with Crippen LogP contribution in [0.2, 0.25) is 5.02 Å². The van der Waals surface area contributed by atoms with Crippen molar-refractivity contribution < 1.29 is 13.2 Å². The average Bonchev–Trinajstić information content (AvgIpc) is 3.26. The van der Waals surface area contributed by atoms with Gasteiger partial charge in [0.2, 0.25) is 0 Å². The number of hydrogen-bond acceptors (Lipinski definition) is 5. The number of aryl methyl sites for hydroxylation is 1. The zero-order chi connectivity index (χ0) is 20.2. The fourth-order valence-electron chi connectivity index (χ4n) is 3.35. The van der Waals surface area contributed by atoms with Crippen molar-refractivity contribution in [2.24, 2.45) is 0 Å². The van der Waals surface area contributed by atoms with Crippen molar-refractivity contribution in [3.05, 3.63) is 65.6 Å². The van der Waals surface area contributed by atoms with Crippen LogP contribution in [-0.4, -0.2) is 40.4 Å². The molecule has 0 N–H and O–H groups in total. The molecule has 7 nitrogen and oxygen atoms in total. The van der Waals surface area contributed by atoms with E-state index in [-0.39, 0.29) is 16.6 Å². The summed E-state index contributed by atoms with van der Waals surface area (Å²) in [6.07, 6.45) is 4.99. The van der Waals surface area contributed by atoms with E-state index in [1.165, 1.54) is 10.2 Å². The van der Waals surface area contributed by atoms with Crippen LogP contribution in [0.5, 0.6) is 0 Å². The van der Waals surface area contributed by atoms with Crippen LogP contribution in [0, 0.1) is 6.92 Å². The number of rotatable bonds is 4. The van der Waals surface area contributed by atoms with E-state index >= 15 is 0 Å². The SMILES string of the molecule is Cc1ccc(S(=O)(=O)n2c(-c3cnn(C4COC4)c3)cc3c(Cl)ccnc32)cc1. The van der Waals surface area contributed by atoms with E-state index in [0.717, 1.165) is 5.56 Å². The van der Waals surface area contributed by atoms with Crippen LogP contribution in [-0.2, 0) is 14.8 Å². The third-order valence-electron chi connectivity index (χ3n) is 5.06. The Morgan fingerprint density at radius 2 is 1.93 bits per heavy atom. The highest BCUT2D eigenvalue weighted by atomic mass is 35.5. The fraction of sp³-hybridized carbons (Fsp3) is 0.200. The van der Waals surface area contributed by atoms with E-state index in [4.69, 9.17) is 16.3 Å². The summed E-state index contributed by atoms with van der Waals surface area (Å²) in [5.74, 6) is 0. The van der Waals surface area contributed by atoms with Crippen LogP contribution in [0.1, 0.15) is 11.6 Å². The highest BCUT2D eigenvalue weighted by molar-refractivity contribution is 7.90. The molecular formula is C20H17ClN4O3S. The van der Waals surface area contributed by atoms with Gasteiger partial charge in [-0.2, -0.15) is 5.10 Å². The second-order valence-electron chi connectivity index (χ2n) is 7.04. The molecule has 1 fully saturated rings. The quantitative estimate of drug-likeness (QED) is 0.495. The molecule has 148 valence electrons. The van der Waals surface area contributed by atoms with Gasteiger partial charge < -0.3 is 4.74 Å². The minimum atomic E-state index is -3.90. The highest BCUT2D eigenvalue weighted by Crippen LogP contribution is 2.34.